The van der Waals surface area contributed by atoms with Crippen molar-refractivity contribution < 1.29 is 9.53 Å². The summed E-state index contributed by atoms with van der Waals surface area (Å²) in [6, 6.07) is 0. The number of ether oxygens (including phenoxy) is 1. The van der Waals surface area contributed by atoms with Crippen molar-refractivity contribution in [2.75, 3.05) is 77.6 Å². The normalized spacial score (nSPS) is 23.2. The van der Waals surface area contributed by atoms with Crippen LogP contribution in [0.3, 0.4) is 0 Å². The predicted octanol–water partition coefficient (Wildman–Crippen LogP) is 1.58. The Hall–Kier alpha value is -0.260. The van der Waals surface area contributed by atoms with Gasteiger partial charge in [-0.2, -0.15) is 11.8 Å². The molecule has 0 radical (unpaired) electrons. The maximum atomic E-state index is 12.5. The van der Waals surface area contributed by atoms with E-state index in [1.807, 2.05) is 42.5 Å². The number of likely N-dealkylation sites (N-methyl/N-ethyl adjacent to an activating group) is 2. The van der Waals surface area contributed by atoms with E-state index >= 15 is 0 Å². The van der Waals surface area contributed by atoms with E-state index in [1.54, 1.807) is 0 Å². The molecule has 2 fully saturated rings. The Morgan fingerprint density at radius 3 is 2.46 bits per heavy atom. The van der Waals surface area contributed by atoms with Crippen LogP contribution < -0.4 is 5.32 Å². The number of hydrogen-bond donors (Lipinski definition) is 1. The number of aliphatic imine (C=N–C) groups is 1. The summed E-state index contributed by atoms with van der Waals surface area (Å²) in [6.07, 6.45) is 1.17. The van der Waals surface area contributed by atoms with Gasteiger partial charge in [0, 0.05) is 45.5 Å². The second kappa shape index (κ2) is 13.1. The molecule has 1 N–H and O–H groups in total. The van der Waals surface area contributed by atoms with E-state index in [9.17, 15) is 4.79 Å². The van der Waals surface area contributed by atoms with Crippen molar-refractivity contribution in [3.05, 3.63) is 0 Å². The second-order valence-corrected chi connectivity index (χ2v) is 8.32. The molecule has 0 saturated carbocycles. The third-order valence-electron chi connectivity index (χ3n) is 5.47. The van der Waals surface area contributed by atoms with Gasteiger partial charge in [0.15, 0.2) is 5.96 Å². The minimum atomic E-state index is 0. The van der Waals surface area contributed by atoms with Crippen LogP contribution in [0.2, 0.25) is 0 Å². The molecule has 164 valence electrons. The lowest BCUT2D eigenvalue weighted by Crippen LogP contribution is -2.56. The van der Waals surface area contributed by atoms with Crippen LogP contribution in [0.4, 0.5) is 0 Å². The number of halogens is 1. The minimum Gasteiger partial charge on any atom is -0.379 e. The average Bonchev–Trinajstić information content (AvgIpc) is 3.17. The number of thioether (sulfide) groups is 1. The average molecular weight is 528 g/mol. The number of guanidine groups is 1. The van der Waals surface area contributed by atoms with Gasteiger partial charge < -0.3 is 19.9 Å². The lowest BCUT2D eigenvalue weighted by molar-refractivity contribution is -0.131. The van der Waals surface area contributed by atoms with E-state index in [0.29, 0.717) is 6.54 Å². The standard InChI is InChI=1S/C19H37N5O2S.HI/c1-5-20-18(22(4)14-17(25)23(6-2)7-3)21-15-19(8-13-27-16-19)24-9-11-26-12-10-24;/h5-16H2,1-4H3,(H,20,21);1H. The molecule has 2 rings (SSSR count). The van der Waals surface area contributed by atoms with Gasteiger partial charge in [-0.15, -0.1) is 24.0 Å². The summed E-state index contributed by atoms with van der Waals surface area (Å²) in [6.45, 7) is 13.1. The molecule has 0 bridgehead atoms. The highest BCUT2D eigenvalue weighted by Crippen LogP contribution is 2.34. The SMILES string of the molecule is CCNC(=NCC1(N2CCOCC2)CCSC1)N(C)CC(=O)N(CC)CC.I. The van der Waals surface area contributed by atoms with Gasteiger partial charge in [-0.3, -0.25) is 14.7 Å². The van der Waals surface area contributed by atoms with Gasteiger partial charge in [0.1, 0.15) is 0 Å². The van der Waals surface area contributed by atoms with E-state index in [1.165, 1.54) is 12.2 Å². The highest BCUT2D eigenvalue weighted by molar-refractivity contribution is 14.0. The number of morpholine rings is 1. The van der Waals surface area contributed by atoms with Crippen molar-refractivity contribution >= 4 is 47.6 Å². The lowest BCUT2D eigenvalue weighted by Gasteiger charge is -2.42. The molecule has 0 spiro atoms. The molecule has 1 unspecified atom stereocenters. The maximum absolute atomic E-state index is 12.5. The number of amides is 1. The Labute approximate surface area is 192 Å². The molecule has 2 saturated heterocycles. The van der Waals surface area contributed by atoms with E-state index in [0.717, 1.165) is 64.2 Å². The number of hydrogen-bond acceptors (Lipinski definition) is 5. The fourth-order valence-electron chi connectivity index (χ4n) is 3.75. The first-order chi connectivity index (χ1) is 13.1. The van der Waals surface area contributed by atoms with Gasteiger partial charge in [-0.05, 0) is 32.9 Å². The molecule has 1 amide bonds. The van der Waals surface area contributed by atoms with E-state index in [-0.39, 0.29) is 35.4 Å². The van der Waals surface area contributed by atoms with Crippen LogP contribution in [0.1, 0.15) is 27.2 Å². The summed E-state index contributed by atoms with van der Waals surface area (Å²) >= 11 is 2.02. The zero-order valence-electron chi connectivity index (χ0n) is 17.9. The topological polar surface area (TPSA) is 60.4 Å². The van der Waals surface area contributed by atoms with Crippen LogP contribution in [0.15, 0.2) is 4.99 Å². The molecule has 0 aliphatic carbocycles. The smallest absolute Gasteiger partial charge is 0.242 e. The Bertz CT molecular complexity index is 493. The Morgan fingerprint density at radius 1 is 1.25 bits per heavy atom. The van der Waals surface area contributed by atoms with E-state index in [2.05, 4.69) is 17.1 Å². The van der Waals surface area contributed by atoms with Gasteiger partial charge in [-0.25, -0.2) is 0 Å². The van der Waals surface area contributed by atoms with Crippen molar-refractivity contribution in [1.29, 1.82) is 0 Å². The third-order valence-corrected chi connectivity index (χ3v) is 6.71. The highest BCUT2D eigenvalue weighted by atomic mass is 127. The minimum absolute atomic E-state index is 0. The van der Waals surface area contributed by atoms with Gasteiger partial charge in [0.2, 0.25) is 5.91 Å². The largest absolute Gasteiger partial charge is 0.379 e. The maximum Gasteiger partial charge on any atom is 0.242 e. The summed E-state index contributed by atoms with van der Waals surface area (Å²) < 4.78 is 5.55. The summed E-state index contributed by atoms with van der Waals surface area (Å²) in [4.78, 5) is 23.8. The number of carbonyl (C=O) groups excluding carboxylic acids is 1. The summed E-state index contributed by atoms with van der Waals surface area (Å²) in [5.74, 6) is 3.28. The van der Waals surface area contributed by atoms with Crippen molar-refractivity contribution in [1.82, 2.24) is 20.0 Å². The number of carbonyl (C=O) groups is 1. The Balaban J connectivity index is 0.00000392. The molecule has 9 heteroatoms. The van der Waals surface area contributed by atoms with Crippen molar-refractivity contribution in [3.8, 4) is 0 Å². The molecule has 2 aliphatic heterocycles. The molecule has 1 atom stereocenters. The van der Waals surface area contributed by atoms with Crippen molar-refractivity contribution in [2.45, 2.75) is 32.7 Å². The monoisotopic (exact) mass is 527 g/mol. The molecule has 2 heterocycles. The molecular formula is C19H38IN5O2S. The quantitative estimate of drug-likeness (QED) is 0.294. The molecule has 0 aromatic heterocycles. The summed E-state index contributed by atoms with van der Waals surface area (Å²) in [5.41, 5.74) is 0.124. The second-order valence-electron chi connectivity index (χ2n) is 7.22. The van der Waals surface area contributed by atoms with Crippen LogP contribution in [-0.2, 0) is 9.53 Å². The number of rotatable bonds is 8. The first kappa shape index (κ1) is 25.8. The molecule has 7 nitrogen and oxygen atoms in total. The zero-order chi connectivity index (χ0) is 19.7. The Morgan fingerprint density at radius 2 is 1.93 bits per heavy atom. The fraction of sp³-hybridized carbons (Fsp3) is 0.895. The molecule has 0 aromatic rings. The van der Waals surface area contributed by atoms with Crippen LogP contribution in [-0.4, -0.2) is 110 Å². The highest BCUT2D eigenvalue weighted by Gasteiger charge is 2.40. The van der Waals surface area contributed by atoms with Crippen LogP contribution >= 0.6 is 35.7 Å². The van der Waals surface area contributed by atoms with Gasteiger partial charge >= 0.3 is 0 Å². The molecule has 0 aromatic carbocycles. The van der Waals surface area contributed by atoms with Gasteiger partial charge in [0.25, 0.3) is 0 Å². The van der Waals surface area contributed by atoms with Gasteiger partial charge in [0.05, 0.1) is 31.8 Å². The van der Waals surface area contributed by atoms with Crippen molar-refractivity contribution in [2.24, 2.45) is 4.99 Å². The number of nitrogens with one attached hydrogen (secondary N) is 1. The predicted molar refractivity (Wildman–Crippen MR) is 129 cm³/mol. The molecule has 28 heavy (non-hydrogen) atoms. The first-order valence-electron chi connectivity index (χ1n) is 10.2. The number of nitrogens with zero attached hydrogens (tertiary/aromatic N) is 4. The van der Waals surface area contributed by atoms with Gasteiger partial charge in [-0.1, -0.05) is 0 Å². The molecule has 2 aliphatic rings. The first-order valence-corrected chi connectivity index (χ1v) is 11.4. The zero-order valence-corrected chi connectivity index (χ0v) is 21.1. The summed E-state index contributed by atoms with van der Waals surface area (Å²) in [7, 11) is 1.95. The molecular weight excluding hydrogens is 489 g/mol. The third kappa shape index (κ3) is 6.91. The lowest BCUT2D eigenvalue weighted by atomic mass is 9.96. The van der Waals surface area contributed by atoms with E-state index in [4.69, 9.17) is 9.73 Å². The van der Waals surface area contributed by atoms with Crippen LogP contribution in [0, 0.1) is 0 Å². The van der Waals surface area contributed by atoms with Crippen LogP contribution in [0.25, 0.3) is 0 Å². The Kier molecular flexibility index (Phi) is 12.1. The fourth-order valence-corrected chi connectivity index (χ4v) is 5.22. The summed E-state index contributed by atoms with van der Waals surface area (Å²) in [5, 5.41) is 3.36. The van der Waals surface area contributed by atoms with E-state index < -0.39 is 0 Å². The van der Waals surface area contributed by atoms with Crippen molar-refractivity contribution in [3.63, 3.8) is 0 Å². The van der Waals surface area contributed by atoms with Crippen LogP contribution in [0.5, 0.6) is 0 Å².